The van der Waals surface area contributed by atoms with E-state index < -0.39 is 0 Å². The monoisotopic (exact) mass is 146 g/mol. The van der Waals surface area contributed by atoms with Gasteiger partial charge in [0.05, 0.1) is 0 Å². The van der Waals surface area contributed by atoms with Gasteiger partial charge in [0.25, 0.3) is 0 Å². The van der Waals surface area contributed by atoms with E-state index in [0.29, 0.717) is 0 Å². The molecule has 1 rings (SSSR count). The van der Waals surface area contributed by atoms with Gasteiger partial charge in [0.15, 0.2) is 0 Å². The minimum absolute atomic E-state index is 0.812. The summed E-state index contributed by atoms with van der Waals surface area (Å²) in [6.45, 7) is 5.42. The molecule has 0 bridgehead atoms. The van der Waals surface area contributed by atoms with Crippen molar-refractivity contribution < 1.29 is 4.74 Å². The van der Waals surface area contributed by atoms with Crippen molar-refractivity contribution in [2.45, 2.75) is 6.92 Å². The van der Waals surface area contributed by atoms with Crippen LogP contribution in [0, 0.1) is 6.92 Å². The third-order valence-corrected chi connectivity index (χ3v) is 1.30. The van der Waals surface area contributed by atoms with Gasteiger partial charge in [0.2, 0.25) is 0 Å². The third-order valence-electron chi connectivity index (χ3n) is 1.30. The van der Waals surface area contributed by atoms with Gasteiger partial charge in [0.1, 0.15) is 12.0 Å². The first-order chi connectivity index (χ1) is 5.33. The van der Waals surface area contributed by atoms with Crippen molar-refractivity contribution in [2.24, 2.45) is 0 Å². The molecule has 1 aromatic rings. The lowest BCUT2D eigenvalue weighted by Crippen LogP contribution is -1.79. The summed E-state index contributed by atoms with van der Waals surface area (Å²) in [5.41, 5.74) is 3.76. The highest BCUT2D eigenvalue weighted by Gasteiger charge is 1.87. The van der Waals surface area contributed by atoms with E-state index >= 15 is 0 Å². The fourth-order valence-corrected chi connectivity index (χ4v) is 0.727. The Hall–Kier alpha value is -1.46. The van der Waals surface area contributed by atoms with Crippen LogP contribution in [-0.4, -0.2) is 0 Å². The fraction of sp³-hybridized carbons (Fsp3) is 0.100. The minimum Gasteiger partial charge on any atom is -0.457 e. The summed E-state index contributed by atoms with van der Waals surface area (Å²) in [6, 6.07) is 7.80. The Morgan fingerprint density at radius 3 is 2.55 bits per heavy atom. The van der Waals surface area contributed by atoms with Crippen molar-refractivity contribution in [3.63, 3.8) is 0 Å². The van der Waals surface area contributed by atoms with Crippen LogP contribution in [0.5, 0.6) is 5.75 Å². The molecule has 11 heavy (non-hydrogen) atoms. The average molecular weight is 146 g/mol. The molecule has 0 spiro atoms. The van der Waals surface area contributed by atoms with E-state index in [1.807, 2.05) is 31.2 Å². The van der Waals surface area contributed by atoms with Gasteiger partial charge in [-0.05, 0) is 19.1 Å². The summed E-state index contributed by atoms with van der Waals surface area (Å²) in [4.78, 5) is 0. The number of hydrogen-bond donors (Lipinski definition) is 0. The maximum absolute atomic E-state index is 5.11. The van der Waals surface area contributed by atoms with Crippen molar-refractivity contribution in [2.75, 3.05) is 0 Å². The second kappa shape index (κ2) is 3.65. The standard InChI is InChI=1S/C10H10O/c1-3-8-11-10-6-4-9(2)5-7-10/h4-8H,1H2,2H3. The molecule has 0 amide bonds. The van der Waals surface area contributed by atoms with E-state index in [4.69, 9.17) is 4.74 Å². The van der Waals surface area contributed by atoms with Gasteiger partial charge in [-0.25, -0.2) is 0 Å². The van der Waals surface area contributed by atoms with E-state index in [0.717, 1.165) is 5.75 Å². The quantitative estimate of drug-likeness (QED) is 0.460. The Morgan fingerprint density at radius 2 is 2.00 bits per heavy atom. The van der Waals surface area contributed by atoms with E-state index in [2.05, 4.69) is 12.3 Å². The SMILES string of the molecule is C=C=COc1ccc(C)cc1. The van der Waals surface area contributed by atoms with E-state index in [1.54, 1.807) is 0 Å². The predicted molar refractivity (Wildman–Crippen MR) is 45.5 cm³/mol. The zero-order valence-electron chi connectivity index (χ0n) is 6.50. The molecule has 0 aliphatic heterocycles. The predicted octanol–water partition coefficient (Wildman–Crippen LogP) is 2.67. The first-order valence-electron chi connectivity index (χ1n) is 3.40. The van der Waals surface area contributed by atoms with Crippen LogP contribution in [0.1, 0.15) is 5.56 Å². The van der Waals surface area contributed by atoms with Crippen molar-refractivity contribution in [1.29, 1.82) is 0 Å². The fourth-order valence-electron chi connectivity index (χ4n) is 0.727. The summed E-state index contributed by atoms with van der Waals surface area (Å²) in [5, 5.41) is 0. The summed E-state index contributed by atoms with van der Waals surface area (Å²) in [6.07, 6.45) is 1.44. The van der Waals surface area contributed by atoms with Crippen molar-refractivity contribution in [3.05, 3.63) is 48.4 Å². The van der Waals surface area contributed by atoms with E-state index in [9.17, 15) is 0 Å². The van der Waals surface area contributed by atoms with Crippen LogP contribution in [0.15, 0.2) is 42.8 Å². The summed E-state index contributed by atoms with van der Waals surface area (Å²) >= 11 is 0. The number of benzene rings is 1. The third kappa shape index (κ3) is 2.32. The summed E-state index contributed by atoms with van der Waals surface area (Å²) < 4.78 is 5.11. The molecule has 1 nitrogen and oxygen atoms in total. The molecule has 0 aliphatic carbocycles. The lowest BCUT2D eigenvalue weighted by molar-refractivity contribution is 0.482. The van der Waals surface area contributed by atoms with Gasteiger partial charge < -0.3 is 4.74 Å². The smallest absolute Gasteiger partial charge is 0.133 e. The summed E-state index contributed by atoms with van der Waals surface area (Å²) in [5.74, 6) is 0.812. The molecule has 0 heterocycles. The zero-order valence-corrected chi connectivity index (χ0v) is 6.50. The lowest BCUT2D eigenvalue weighted by Gasteiger charge is -1.97. The molecule has 0 N–H and O–H groups in total. The molecule has 1 aromatic carbocycles. The van der Waals surface area contributed by atoms with Crippen molar-refractivity contribution in [3.8, 4) is 5.75 Å². The largest absolute Gasteiger partial charge is 0.457 e. The molecule has 0 atom stereocenters. The Morgan fingerprint density at radius 1 is 1.36 bits per heavy atom. The first-order valence-corrected chi connectivity index (χ1v) is 3.40. The lowest BCUT2D eigenvalue weighted by atomic mass is 10.2. The maximum Gasteiger partial charge on any atom is 0.133 e. The Labute approximate surface area is 66.6 Å². The van der Waals surface area contributed by atoms with Gasteiger partial charge in [-0.15, -0.1) is 0 Å². The van der Waals surface area contributed by atoms with Gasteiger partial charge in [0, 0.05) is 0 Å². The van der Waals surface area contributed by atoms with Crippen LogP contribution < -0.4 is 4.74 Å². The van der Waals surface area contributed by atoms with Gasteiger partial charge in [-0.3, -0.25) is 0 Å². The average Bonchev–Trinajstić information content (AvgIpc) is 2.04. The molecule has 1 heteroatoms. The van der Waals surface area contributed by atoms with Gasteiger partial charge in [-0.2, -0.15) is 0 Å². The number of aryl methyl sites for hydroxylation is 1. The second-order valence-corrected chi connectivity index (χ2v) is 2.25. The molecule has 0 saturated heterocycles. The molecule has 0 aliphatic rings. The van der Waals surface area contributed by atoms with Crippen LogP contribution in [0.25, 0.3) is 0 Å². The number of hydrogen-bond acceptors (Lipinski definition) is 1. The molecule has 0 unspecified atom stereocenters. The molecular formula is C10H10O. The molecule has 0 saturated carbocycles. The topological polar surface area (TPSA) is 9.23 Å². The van der Waals surface area contributed by atoms with E-state index in [1.165, 1.54) is 11.8 Å². The Kier molecular flexibility index (Phi) is 2.53. The molecule has 0 radical (unpaired) electrons. The van der Waals surface area contributed by atoms with Crippen molar-refractivity contribution >= 4 is 0 Å². The molecule has 0 fully saturated rings. The Balaban J connectivity index is 2.73. The van der Waals surface area contributed by atoms with Crippen LogP contribution in [0.3, 0.4) is 0 Å². The van der Waals surface area contributed by atoms with Crippen LogP contribution >= 0.6 is 0 Å². The van der Waals surface area contributed by atoms with E-state index in [-0.39, 0.29) is 0 Å². The van der Waals surface area contributed by atoms with Gasteiger partial charge >= 0.3 is 0 Å². The van der Waals surface area contributed by atoms with Crippen LogP contribution in [0.2, 0.25) is 0 Å². The minimum atomic E-state index is 0.812. The first kappa shape index (κ1) is 7.64. The highest BCUT2D eigenvalue weighted by Crippen LogP contribution is 2.10. The van der Waals surface area contributed by atoms with Gasteiger partial charge in [-0.1, -0.05) is 30.0 Å². The number of rotatable bonds is 2. The Bertz CT molecular complexity index is 265. The highest BCUT2D eigenvalue weighted by atomic mass is 16.5. The summed E-state index contributed by atoms with van der Waals surface area (Å²) in [7, 11) is 0. The van der Waals surface area contributed by atoms with Crippen LogP contribution in [-0.2, 0) is 0 Å². The number of ether oxygens (including phenoxy) is 1. The molecule has 56 valence electrons. The normalized spacial score (nSPS) is 8.45. The maximum atomic E-state index is 5.11. The van der Waals surface area contributed by atoms with Crippen LogP contribution in [0.4, 0.5) is 0 Å². The zero-order chi connectivity index (χ0) is 8.10. The highest BCUT2D eigenvalue weighted by molar-refractivity contribution is 5.26. The molecular weight excluding hydrogens is 136 g/mol. The molecule has 0 aromatic heterocycles. The van der Waals surface area contributed by atoms with Crippen molar-refractivity contribution in [1.82, 2.24) is 0 Å². The second-order valence-electron chi connectivity index (χ2n) is 2.25.